The second kappa shape index (κ2) is 6.51. The highest BCUT2D eigenvalue weighted by Gasteiger charge is 2.36. The summed E-state index contributed by atoms with van der Waals surface area (Å²) in [6.45, 7) is -0.404. The van der Waals surface area contributed by atoms with Gasteiger partial charge in [-0.1, -0.05) is 18.2 Å². The van der Waals surface area contributed by atoms with E-state index in [1.54, 1.807) is 0 Å². The SMILES string of the molecule is O=C(N[C@H]1CC(=O)N(Cc2ccccc2C(F)(F)F)C1)C(F)F. The van der Waals surface area contributed by atoms with Gasteiger partial charge in [0.1, 0.15) is 0 Å². The molecule has 0 aromatic heterocycles. The highest BCUT2D eigenvalue weighted by Crippen LogP contribution is 2.32. The van der Waals surface area contributed by atoms with Crippen molar-refractivity contribution in [3.8, 4) is 0 Å². The third-order valence-electron chi connectivity index (χ3n) is 3.44. The lowest BCUT2D eigenvalue weighted by molar-refractivity contribution is -0.139. The molecule has 0 bridgehead atoms. The number of hydrogen-bond acceptors (Lipinski definition) is 2. The quantitative estimate of drug-likeness (QED) is 0.857. The predicted molar refractivity (Wildman–Crippen MR) is 69.4 cm³/mol. The normalized spacial score (nSPS) is 18.6. The summed E-state index contributed by atoms with van der Waals surface area (Å²) < 4.78 is 63.1. The number of benzene rings is 1. The van der Waals surface area contributed by atoms with Gasteiger partial charge >= 0.3 is 12.6 Å². The first-order valence-corrected chi connectivity index (χ1v) is 6.70. The molecule has 4 nitrogen and oxygen atoms in total. The molecule has 1 aromatic rings. The summed E-state index contributed by atoms with van der Waals surface area (Å²) in [5, 5.41) is 2.00. The maximum atomic E-state index is 12.9. The molecule has 23 heavy (non-hydrogen) atoms. The first-order valence-electron chi connectivity index (χ1n) is 6.70. The van der Waals surface area contributed by atoms with Crippen molar-refractivity contribution in [2.24, 2.45) is 0 Å². The van der Waals surface area contributed by atoms with Crippen LogP contribution in [-0.2, 0) is 22.3 Å². The summed E-state index contributed by atoms with van der Waals surface area (Å²) in [6.07, 6.45) is -7.97. The molecule has 1 N–H and O–H groups in total. The standard InChI is InChI=1S/C14H13F5N2O2/c15-12(16)13(23)20-9-5-11(22)21(7-9)6-8-3-1-2-4-10(8)14(17,18)19/h1-4,9,12H,5-7H2,(H,20,23)/t9-/m0/s1. The summed E-state index contributed by atoms with van der Waals surface area (Å²) in [6, 6.07) is 3.99. The van der Waals surface area contributed by atoms with Crippen LogP contribution in [0.4, 0.5) is 22.0 Å². The van der Waals surface area contributed by atoms with Crippen molar-refractivity contribution in [3.05, 3.63) is 35.4 Å². The molecular formula is C14H13F5N2O2. The van der Waals surface area contributed by atoms with Crippen LogP contribution >= 0.6 is 0 Å². The van der Waals surface area contributed by atoms with Crippen LogP contribution < -0.4 is 5.32 Å². The maximum absolute atomic E-state index is 12.9. The molecule has 126 valence electrons. The third kappa shape index (κ3) is 4.17. The lowest BCUT2D eigenvalue weighted by Gasteiger charge is -2.20. The minimum Gasteiger partial charge on any atom is -0.346 e. The van der Waals surface area contributed by atoms with E-state index in [1.165, 1.54) is 18.2 Å². The van der Waals surface area contributed by atoms with Gasteiger partial charge in [0.15, 0.2) is 0 Å². The molecule has 0 radical (unpaired) electrons. The van der Waals surface area contributed by atoms with Crippen molar-refractivity contribution < 1.29 is 31.5 Å². The average Bonchev–Trinajstić information content (AvgIpc) is 2.78. The van der Waals surface area contributed by atoms with Crippen molar-refractivity contribution in [2.45, 2.75) is 31.6 Å². The Morgan fingerprint density at radius 3 is 2.57 bits per heavy atom. The highest BCUT2D eigenvalue weighted by atomic mass is 19.4. The van der Waals surface area contributed by atoms with Gasteiger partial charge in [-0.25, -0.2) is 0 Å². The first-order chi connectivity index (χ1) is 10.7. The lowest BCUT2D eigenvalue weighted by atomic mass is 10.1. The Balaban J connectivity index is 2.07. The highest BCUT2D eigenvalue weighted by molar-refractivity contribution is 5.83. The zero-order valence-corrected chi connectivity index (χ0v) is 11.7. The topological polar surface area (TPSA) is 49.4 Å². The van der Waals surface area contributed by atoms with E-state index in [9.17, 15) is 31.5 Å². The largest absolute Gasteiger partial charge is 0.416 e. The molecule has 1 saturated heterocycles. The Bertz CT molecular complexity index is 603. The number of hydrogen-bond donors (Lipinski definition) is 1. The second-order valence-electron chi connectivity index (χ2n) is 5.14. The minimum absolute atomic E-state index is 0.0887. The van der Waals surface area contributed by atoms with Gasteiger partial charge in [0.2, 0.25) is 5.91 Å². The van der Waals surface area contributed by atoms with E-state index in [4.69, 9.17) is 0 Å². The van der Waals surface area contributed by atoms with Crippen LogP contribution in [0.5, 0.6) is 0 Å². The van der Waals surface area contributed by atoms with Crippen LogP contribution in [0.2, 0.25) is 0 Å². The molecule has 0 spiro atoms. The number of amides is 2. The summed E-state index contributed by atoms with van der Waals surface area (Å²) >= 11 is 0. The number of nitrogens with one attached hydrogen (secondary N) is 1. The van der Waals surface area contributed by atoms with Gasteiger partial charge in [-0.15, -0.1) is 0 Å². The molecule has 1 fully saturated rings. The molecule has 9 heteroatoms. The fourth-order valence-corrected chi connectivity index (χ4v) is 2.43. The Labute approximate surface area is 128 Å². The van der Waals surface area contributed by atoms with Crippen molar-refractivity contribution in [2.75, 3.05) is 6.54 Å². The van der Waals surface area contributed by atoms with Crippen molar-refractivity contribution in [1.82, 2.24) is 10.2 Å². The van der Waals surface area contributed by atoms with E-state index in [0.717, 1.165) is 11.0 Å². The number of rotatable bonds is 4. The van der Waals surface area contributed by atoms with Crippen LogP contribution in [0, 0.1) is 0 Å². The van der Waals surface area contributed by atoms with Crippen LogP contribution in [0.25, 0.3) is 0 Å². The van der Waals surface area contributed by atoms with Gasteiger partial charge in [-0.05, 0) is 11.6 Å². The molecule has 0 unspecified atom stereocenters. The Hall–Kier alpha value is -2.19. The van der Waals surface area contributed by atoms with Gasteiger partial charge < -0.3 is 10.2 Å². The van der Waals surface area contributed by atoms with Crippen LogP contribution in [0.3, 0.4) is 0 Å². The lowest BCUT2D eigenvalue weighted by Crippen LogP contribution is -2.40. The molecule has 1 aliphatic rings. The fourth-order valence-electron chi connectivity index (χ4n) is 2.43. The van der Waals surface area contributed by atoms with Crippen molar-refractivity contribution >= 4 is 11.8 Å². The van der Waals surface area contributed by atoms with Crippen LogP contribution in [-0.4, -0.2) is 35.7 Å². The smallest absolute Gasteiger partial charge is 0.346 e. The molecule has 0 saturated carbocycles. The minimum atomic E-state index is -4.55. The molecule has 1 aliphatic heterocycles. The van der Waals surface area contributed by atoms with E-state index in [-0.39, 0.29) is 25.1 Å². The van der Waals surface area contributed by atoms with E-state index >= 15 is 0 Å². The van der Waals surface area contributed by atoms with E-state index in [0.29, 0.717) is 0 Å². The van der Waals surface area contributed by atoms with E-state index in [1.807, 2.05) is 5.32 Å². The third-order valence-corrected chi connectivity index (χ3v) is 3.44. The van der Waals surface area contributed by atoms with Gasteiger partial charge in [-0.3, -0.25) is 9.59 Å². The Morgan fingerprint density at radius 2 is 1.96 bits per heavy atom. The van der Waals surface area contributed by atoms with Gasteiger partial charge in [0, 0.05) is 19.5 Å². The number of carbonyl (C=O) groups excluding carboxylic acids is 2. The van der Waals surface area contributed by atoms with Gasteiger partial charge in [0.05, 0.1) is 11.6 Å². The van der Waals surface area contributed by atoms with E-state index < -0.39 is 36.0 Å². The second-order valence-corrected chi connectivity index (χ2v) is 5.14. The molecule has 2 rings (SSSR count). The molecule has 1 heterocycles. The van der Waals surface area contributed by atoms with Crippen LogP contribution in [0.1, 0.15) is 17.5 Å². The molecular weight excluding hydrogens is 323 g/mol. The monoisotopic (exact) mass is 336 g/mol. The predicted octanol–water partition coefficient (Wildman–Crippen LogP) is 2.19. The summed E-state index contributed by atoms with van der Waals surface area (Å²) in [7, 11) is 0. The summed E-state index contributed by atoms with van der Waals surface area (Å²) in [4.78, 5) is 23.8. The van der Waals surface area contributed by atoms with E-state index in [2.05, 4.69) is 0 Å². The van der Waals surface area contributed by atoms with Crippen molar-refractivity contribution in [3.63, 3.8) is 0 Å². The maximum Gasteiger partial charge on any atom is 0.416 e. The number of nitrogens with zero attached hydrogens (tertiary/aromatic N) is 1. The van der Waals surface area contributed by atoms with Gasteiger partial charge in [-0.2, -0.15) is 22.0 Å². The average molecular weight is 336 g/mol. The Morgan fingerprint density at radius 1 is 1.30 bits per heavy atom. The number of carbonyl (C=O) groups is 2. The zero-order chi connectivity index (χ0) is 17.2. The zero-order valence-electron chi connectivity index (χ0n) is 11.7. The molecule has 2 amide bonds. The Kier molecular flexibility index (Phi) is 4.86. The van der Waals surface area contributed by atoms with Gasteiger partial charge in [0.25, 0.3) is 5.91 Å². The molecule has 1 aromatic carbocycles. The fraction of sp³-hybridized carbons (Fsp3) is 0.429. The number of likely N-dealkylation sites (tertiary alicyclic amines) is 1. The number of halogens is 5. The number of alkyl halides is 5. The summed E-state index contributed by atoms with van der Waals surface area (Å²) in [5.41, 5.74) is -0.943. The van der Waals surface area contributed by atoms with Crippen LogP contribution in [0.15, 0.2) is 24.3 Å². The molecule has 0 aliphatic carbocycles. The first kappa shape index (κ1) is 17.2. The summed E-state index contributed by atoms with van der Waals surface area (Å²) in [5.74, 6) is -2.00. The molecule has 1 atom stereocenters. The van der Waals surface area contributed by atoms with Crippen molar-refractivity contribution in [1.29, 1.82) is 0 Å².